The van der Waals surface area contributed by atoms with Crippen molar-refractivity contribution in [3.8, 4) is 0 Å². The molecular weight excluding hydrogens is 248 g/mol. The molecule has 5 heteroatoms. The van der Waals surface area contributed by atoms with Gasteiger partial charge in [0.2, 0.25) is 0 Å². The first kappa shape index (κ1) is 13.3. The first-order valence-corrected chi connectivity index (χ1v) is 6.41. The van der Waals surface area contributed by atoms with E-state index >= 15 is 0 Å². The van der Waals surface area contributed by atoms with E-state index in [-0.39, 0.29) is 6.10 Å². The van der Waals surface area contributed by atoms with E-state index < -0.39 is 0 Å². The maximum atomic E-state index is 5.60. The van der Waals surface area contributed by atoms with Crippen LogP contribution in [0.25, 0.3) is 0 Å². The van der Waals surface area contributed by atoms with E-state index in [1.54, 1.807) is 0 Å². The van der Waals surface area contributed by atoms with E-state index in [1.165, 1.54) is 0 Å². The average Bonchev–Trinajstić information content (AvgIpc) is 2.38. The Balaban J connectivity index is 1.94. The molecule has 0 spiro atoms. The Morgan fingerprint density at radius 1 is 1.50 bits per heavy atom. The van der Waals surface area contributed by atoms with Crippen molar-refractivity contribution in [2.75, 3.05) is 31.7 Å². The number of nitrogens with one attached hydrogen (secondary N) is 1. The molecule has 0 aromatic heterocycles. The van der Waals surface area contributed by atoms with Crippen molar-refractivity contribution in [2.45, 2.75) is 13.0 Å². The fourth-order valence-corrected chi connectivity index (χ4v) is 2.02. The number of thiocarbonyl (C=S) groups is 1. The molecule has 2 rings (SSSR count). The highest BCUT2D eigenvalue weighted by Gasteiger charge is 2.14. The fourth-order valence-electron chi connectivity index (χ4n) is 1.89. The summed E-state index contributed by atoms with van der Waals surface area (Å²) in [7, 11) is 0. The van der Waals surface area contributed by atoms with Gasteiger partial charge in [0, 0.05) is 17.8 Å². The first-order valence-electron chi connectivity index (χ1n) is 6.00. The number of ether oxygens (including phenoxy) is 2. The van der Waals surface area contributed by atoms with Gasteiger partial charge in [-0.05, 0) is 30.7 Å². The van der Waals surface area contributed by atoms with E-state index in [0.29, 0.717) is 24.8 Å². The van der Waals surface area contributed by atoms with Crippen LogP contribution in [0.2, 0.25) is 0 Å². The Morgan fingerprint density at radius 2 is 2.33 bits per heavy atom. The minimum Gasteiger partial charge on any atom is -0.389 e. The van der Waals surface area contributed by atoms with Crippen LogP contribution >= 0.6 is 12.2 Å². The molecule has 1 unspecified atom stereocenters. The predicted octanol–water partition coefficient (Wildman–Crippen LogP) is 1.46. The third-order valence-corrected chi connectivity index (χ3v) is 3.15. The van der Waals surface area contributed by atoms with E-state index in [4.69, 9.17) is 27.4 Å². The number of aryl methyl sites for hydroxylation is 1. The molecule has 1 heterocycles. The van der Waals surface area contributed by atoms with E-state index in [1.807, 2.05) is 25.1 Å². The van der Waals surface area contributed by atoms with Crippen molar-refractivity contribution < 1.29 is 9.47 Å². The lowest BCUT2D eigenvalue weighted by molar-refractivity contribution is -0.0818. The van der Waals surface area contributed by atoms with Gasteiger partial charge in [0.05, 0.1) is 25.9 Å². The second kappa shape index (κ2) is 6.13. The zero-order valence-electron chi connectivity index (χ0n) is 10.4. The molecule has 0 saturated carbocycles. The van der Waals surface area contributed by atoms with Crippen molar-refractivity contribution >= 4 is 22.9 Å². The minimum atomic E-state index is 0.119. The molecule has 1 fully saturated rings. The van der Waals surface area contributed by atoms with Crippen molar-refractivity contribution in [2.24, 2.45) is 5.73 Å². The number of hydrogen-bond donors (Lipinski definition) is 2. The highest BCUT2D eigenvalue weighted by atomic mass is 32.1. The van der Waals surface area contributed by atoms with Gasteiger partial charge in [0.25, 0.3) is 0 Å². The predicted molar refractivity (Wildman–Crippen MR) is 76.1 cm³/mol. The molecule has 4 nitrogen and oxygen atoms in total. The summed E-state index contributed by atoms with van der Waals surface area (Å²) in [6.07, 6.45) is 0.119. The van der Waals surface area contributed by atoms with Gasteiger partial charge in [0.1, 0.15) is 4.99 Å². The Morgan fingerprint density at radius 3 is 2.94 bits per heavy atom. The van der Waals surface area contributed by atoms with Crippen LogP contribution in [0, 0.1) is 6.92 Å². The lowest BCUT2D eigenvalue weighted by Gasteiger charge is -2.24. The van der Waals surface area contributed by atoms with Crippen LogP contribution in [0.5, 0.6) is 0 Å². The van der Waals surface area contributed by atoms with Gasteiger partial charge >= 0.3 is 0 Å². The Hall–Kier alpha value is -1.17. The highest BCUT2D eigenvalue weighted by molar-refractivity contribution is 7.80. The van der Waals surface area contributed by atoms with Gasteiger partial charge in [-0.2, -0.15) is 0 Å². The molecule has 0 bridgehead atoms. The van der Waals surface area contributed by atoms with Crippen LogP contribution in [0.15, 0.2) is 18.2 Å². The van der Waals surface area contributed by atoms with Gasteiger partial charge in [0.15, 0.2) is 0 Å². The summed E-state index contributed by atoms with van der Waals surface area (Å²) in [6, 6.07) is 5.91. The molecule has 98 valence electrons. The third-order valence-electron chi connectivity index (χ3n) is 2.92. The van der Waals surface area contributed by atoms with E-state index in [2.05, 4.69) is 5.32 Å². The topological polar surface area (TPSA) is 56.5 Å². The van der Waals surface area contributed by atoms with Gasteiger partial charge in [-0.3, -0.25) is 0 Å². The summed E-state index contributed by atoms with van der Waals surface area (Å²) >= 11 is 4.95. The summed E-state index contributed by atoms with van der Waals surface area (Å²) in [6.45, 7) is 4.79. The summed E-state index contributed by atoms with van der Waals surface area (Å²) in [5, 5.41) is 3.36. The quantitative estimate of drug-likeness (QED) is 0.808. The van der Waals surface area contributed by atoms with Crippen LogP contribution in [-0.2, 0) is 9.47 Å². The standard InChI is InChI=1S/C13H18N2O2S/c1-9-6-10(13(14)18)2-3-12(9)15-7-11-8-16-4-5-17-11/h2-3,6,11,15H,4-5,7-8H2,1H3,(H2,14,18). The van der Waals surface area contributed by atoms with Crippen LogP contribution in [0.1, 0.15) is 11.1 Å². The smallest absolute Gasteiger partial charge is 0.103 e. The highest BCUT2D eigenvalue weighted by Crippen LogP contribution is 2.17. The summed E-state index contributed by atoms with van der Waals surface area (Å²) < 4.78 is 10.9. The van der Waals surface area contributed by atoms with E-state index in [0.717, 1.165) is 23.4 Å². The van der Waals surface area contributed by atoms with Crippen molar-refractivity contribution in [3.05, 3.63) is 29.3 Å². The number of nitrogens with two attached hydrogens (primary N) is 1. The van der Waals surface area contributed by atoms with Gasteiger partial charge in [-0.1, -0.05) is 12.2 Å². The first-order chi connectivity index (χ1) is 8.66. The molecule has 18 heavy (non-hydrogen) atoms. The average molecular weight is 266 g/mol. The van der Waals surface area contributed by atoms with Crippen molar-refractivity contribution in [1.82, 2.24) is 0 Å². The molecule has 1 aliphatic heterocycles. The summed E-state index contributed by atoms with van der Waals surface area (Å²) in [5.41, 5.74) is 8.69. The Kier molecular flexibility index (Phi) is 4.52. The maximum absolute atomic E-state index is 5.60. The second-order valence-electron chi connectivity index (χ2n) is 4.34. The molecule has 0 amide bonds. The van der Waals surface area contributed by atoms with Crippen molar-refractivity contribution in [1.29, 1.82) is 0 Å². The summed E-state index contributed by atoms with van der Waals surface area (Å²) in [5.74, 6) is 0. The summed E-state index contributed by atoms with van der Waals surface area (Å²) in [4.78, 5) is 0.425. The molecule has 1 aliphatic rings. The Bertz CT molecular complexity index is 431. The van der Waals surface area contributed by atoms with Crippen molar-refractivity contribution in [3.63, 3.8) is 0 Å². The maximum Gasteiger partial charge on any atom is 0.103 e. The largest absolute Gasteiger partial charge is 0.389 e. The Labute approximate surface area is 112 Å². The number of benzene rings is 1. The number of rotatable bonds is 4. The molecule has 1 atom stereocenters. The SMILES string of the molecule is Cc1cc(C(N)=S)ccc1NCC1COCCO1. The second-order valence-corrected chi connectivity index (χ2v) is 4.78. The lowest BCUT2D eigenvalue weighted by Crippen LogP contribution is -2.34. The molecule has 1 aromatic carbocycles. The van der Waals surface area contributed by atoms with Gasteiger partial charge < -0.3 is 20.5 Å². The normalized spacial score (nSPS) is 19.5. The fraction of sp³-hybridized carbons (Fsp3) is 0.462. The van der Waals surface area contributed by atoms with Gasteiger partial charge in [-0.15, -0.1) is 0 Å². The number of hydrogen-bond acceptors (Lipinski definition) is 4. The van der Waals surface area contributed by atoms with Crippen LogP contribution in [-0.4, -0.2) is 37.5 Å². The molecule has 1 saturated heterocycles. The number of anilines is 1. The van der Waals surface area contributed by atoms with Crippen LogP contribution < -0.4 is 11.1 Å². The minimum absolute atomic E-state index is 0.119. The molecule has 0 aliphatic carbocycles. The molecule has 3 N–H and O–H groups in total. The third kappa shape index (κ3) is 3.41. The van der Waals surface area contributed by atoms with Gasteiger partial charge in [-0.25, -0.2) is 0 Å². The molecule has 0 radical (unpaired) electrons. The van der Waals surface area contributed by atoms with Crippen LogP contribution in [0.4, 0.5) is 5.69 Å². The van der Waals surface area contributed by atoms with Crippen LogP contribution in [0.3, 0.4) is 0 Å². The monoisotopic (exact) mass is 266 g/mol. The molecule has 1 aromatic rings. The zero-order chi connectivity index (χ0) is 13.0. The zero-order valence-corrected chi connectivity index (χ0v) is 11.3. The van der Waals surface area contributed by atoms with E-state index in [9.17, 15) is 0 Å². The lowest BCUT2D eigenvalue weighted by atomic mass is 10.1. The molecular formula is C13H18N2O2S.